The van der Waals surface area contributed by atoms with E-state index < -0.39 is 11.9 Å². The van der Waals surface area contributed by atoms with Gasteiger partial charge in [-0.05, 0) is 18.8 Å². The van der Waals surface area contributed by atoms with Crippen molar-refractivity contribution in [3.8, 4) is 11.3 Å². The molecule has 0 saturated heterocycles. The zero-order valence-corrected chi connectivity index (χ0v) is 16.8. The van der Waals surface area contributed by atoms with E-state index in [9.17, 15) is 9.59 Å². The van der Waals surface area contributed by atoms with E-state index in [1.807, 2.05) is 44.2 Å². The summed E-state index contributed by atoms with van der Waals surface area (Å²) in [7, 11) is 0. The summed E-state index contributed by atoms with van der Waals surface area (Å²) in [6.07, 6.45) is 2.13. The minimum absolute atomic E-state index is 0.0427. The molecular weight excluding hydrogens is 386 g/mol. The van der Waals surface area contributed by atoms with Crippen molar-refractivity contribution >= 4 is 11.8 Å². The fourth-order valence-corrected chi connectivity index (χ4v) is 2.99. The largest absolute Gasteiger partial charge is 0.355 e. The third-order valence-electron chi connectivity index (χ3n) is 4.86. The summed E-state index contributed by atoms with van der Waals surface area (Å²) in [5.41, 5.74) is 0.916. The molecule has 1 atom stereocenters. The standard InChI is InChI=1S/C21H23N5O4/c1-12(2)18(21-24-19(26-30-21)14-8-9-14)23-17(27)11-22-20(28)15-10-16(29-25-15)13-6-4-3-5-7-13/h3-7,10,12,14,18H,8-9,11H2,1-2H3,(H,22,28)(H,23,27). The first-order valence-electron chi connectivity index (χ1n) is 9.94. The Morgan fingerprint density at radius 1 is 1.13 bits per heavy atom. The van der Waals surface area contributed by atoms with Crippen molar-refractivity contribution in [2.45, 2.75) is 38.6 Å². The monoisotopic (exact) mass is 409 g/mol. The molecule has 1 unspecified atom stereocenters. The van der Waals surface area contributed by atoms with Gasteiger partial charge in [0.05, 0.1) is 6.54 Å². The van der Waals surface area contributed by atoms with Crippen LogP contribution in [0.1, 0.15) is 60.9 Å². The molecule has 9 heteroatoms. The number of nitrogens with one attached hydrogen (secondary N) is 2. The molecule has 1 fully saturated rings. The predicted octanol–water partition coefficient (Wildman–Crippen LogP) is 2.85. The Morgan fingerprint density at radius 2 is 1.90 bits per heavy atom. The van der Waals surface area contributed by atoms with Crippen LogP contribution in [0.4, 0.5) is 0 Å². The van der Waals surface area contributed by atoms with Gasteiger partial charge in [0.15, 0.2) is 17.3 Å². The lowest BCUT2D eigenvalue weighted by Gasteiger charge is -2.18. The highest BCUT2D eigenvalue weighted by Gasteiger charge is 2.31. The van der Waals surface area contributed by atoms with Gasteiger partial charge in [-0.25, -0.2) is 0 Å². The molecule has 0 radical (unpaired) electrons. The van der Waals surface area contributed by atoms with Gasteiger partial charge >= 0.3 is 0 Å². The maximum atomic E-state index is 12.4. The molecule has 1 aliphatic rings. The van der Waals surface area contributed by atoms with Gasteiger partial charge in [-0.3, -0.25) is 9.59 Å². The topological polar surface area (TPSA) is 123 Å². The molecule has 156 valence electrons. The summed E-state index contributed by atoms with van der Waals surface area (Å²) >= 11 is 0. The van der Waals surface area contributed by atoms with E-state index in [1.165, 1.54) is 6.07 Å². The van der Waals surface area contributed by atoms with Crippen LogP contribution in [0.5, 0.6) is 0 Å². The maximum Gasteiger partial charge on any atom is 0.273 e. The lowest BCUT2D eigenvalue weighted by molar-refractivity contribution is -0.121. The molecule has 4 rings (SSSR count). The maximum absolute atomic E-state index is 12.4. The number of aromatic nitrogens is 3. The van der Waals surface area contributed by atoms with Crippen molar-refractivity contribution in [2.24, 2.45) is 5.92 Å². The van der Waals surface area contributed by atoms with Gasteiger partial charge in [0.2, 0.25) is 11.8 Å². The molecular formula is C21H23N5O4. The Morgan fingerprint density at radius 3 is 2.60 bits per heavy atom. The number of hydrogen-bond donors (Lipinski definition) is 2. The van der Waals surface area contributed by atoms with E-state index in [1.54, 1.807) is 0 Å². The highest BCUT2D eigenvalue weighted by Crippen LogP contribution is 2.38. The van der Waals surface area contributed by atoms with Crippen LogP contribution in [0.25, 0.3) is 11.3 Å². The second-order valence-electron chi connectivity index (χ2n) is 7.68. The van der Waals surface area contributed by atoms with Gasteiger partial charge in [-0.1, -0.05) is 54.5 Å². The number of carbonyl (C=O) groups is 2. The SMILES string of the molecule is CC(C)C(NC(=O)CNC(=O)c1cc(-c2ccccc2)on1)c1nc(C2CC2)no1. The highest BCUT2D eigenvalue weighted by molar-refractivity contribution is 5.95. The van der Waals surface area contributed by atoms with Crippen molar-refractivity contribution in [1.29, 1.82) is 0 Å². The average Bonchev–Trinajstić information content (AvgIpc) is 3.27. The smallest absolute Gasteiger partial charge is 0.273 e. The highest BCUT2D eigenvalue weighted by atomic mass is 16.5. The molecule has 2 aromatic heterocycles. The molecule has 2 N–H and O–H groups in total. The quantitative estimate of drug-likeness (QED) is 0.586. The van der Waals surface area contributed by atoms with Crippen LogP contribution < -0.4 is 10.6 Å². The molecule has 9 nitrogen and oxygen atoms in total. The normalized spacial score (nSPS) is 14.5. The summed E-state index contributed by atoms with van der Waals surface area (Å²) < 4.78 is 10.6. The van der Waals surface area contributed by atoms with Crippen LogP contribution in [0.15, 0.2) is 45.4 Å². The number of rotatable bonds is 8. The van der Waals surface area contributed by atoms with Gasteiger partial charge in [0.1, 0.15) is 6.04 Å². The molecule has 2 amide bonds. The number of carbonyl (C=O) groups excluding carboxylic acids is 2. The lowest BCUT2D eigenvalue weighted by atomic mass is 10.0. The Bertz CT molecular complexity index is 1020. The molecule has 1 aliphatic carbocycles. The van der Waals surface area contributed by atoms with E-state index in [0.29, 0.717) is 23.4 Å². The third-order valence-corrected chi connectivity index (χ3v) is 4.86. The Labute approximate surface area is 173 Å². The van der Waals surface area contributed by atoms with Crippen molar-refractivity contribution in [3.63, 3.8) is 0 Å². The first-order valence-corrected chi connectivity index (χ1v) is 9.94. The average molecular weight is 409 g/mol. The number of amides is 2. The van der Waals surface area contributed by atoms with E-state index in [0.717, 1.165) is 18.4 Å². The Kier molecular flexibility index (Phi) is 5.60. The Hall–Kier alpha value is -3.49. The van der Waals surface area contributed by atoms with Crippen LogP contribution in [0.3, 0.4) is 0 Å². The van der Waals surface area contributed by atoms with Crippen LogP contribution in [-0.4, -0.2) is 33.7 Å². The van der Waals surface area contributed by atoms with Gasteiger partial charge in [-0.2, -0.15) is 4.98 Å². The van der Waals surface area contributed by atoms with E-state index >= 15 is 0 Å². The molecule has 0 bridgehead atoms. The lowest BCUT2D eigenvalue weighted by Crippen LogP contribution is -2.40. The summed E-state index contributed by atoms with van der Waals surface area (Å²) in [6, 6.07) is 10.4. The van der Waals surface area contributed by atoms with E-state index in [2.05, 4.69) is 25.9 Å². The first-order chi connectivity index (χ1) is 14.5. The van der Waals surface area contributed by atoms with Crippen LogP contribution in [0.2, 0.25) is 0 Å². The van der Waals surface area contributed by atoms with Gasteiger partial charge in [0, 0.05) is 17.5 Å². The summed E-state index contributed by atoms with van der Waals surface area (Å²) in [5, 5.41) is 13.2. The minimum Gasteiger partial charge on any atom is -0.355 e. The zero-order chi connectivity index (χ0) is 21.1. The van der Waals surface area contributed by atoms with Gasteiger partial charge < -0.3 is 19.7 Å². The molecule has 1 aromatic carbocycles. The van der Waals surface area contributed by atoms with E-state index in [4.69, 9.17) is 9.05 Å². The first kappa shape index (κ1) is 19.8. The molecule has 0 aliphatic heterocycles. The molecule has 2 heterocycles. The van der Waals surface area contributed by atoms with Crippen LogP contribution in [0, 0.1) is 5.92 Å². The number of hydrogen-bond acceptors (Lipinski definition) is 7. The molecule has 0 spiro atoms. The second kappa shape index (κ2) is 8.48. The van der Waals surface area contributed by atoms with Crippen molar-refractivity contribution < 1.29 is 18.6 Å². The zero-order valence-electron chi connectivity index (χ0n) is 16.8. The summed E-state index contributed by atoms with van der Waals surface area (Å²) in [6.45, 7) is 3.69. The predicted molar refractivity (Wildman–Crippen MR) is 106 cm³/mol. The number of benzene rings is 1. The van der Waals surface area contributed by atoms with Crippen molar-refractivity contribution in [2.75, 3.05) is 6.54 Å². The van der Waals surface area contributed by atoms with Crippen LogP contribution >= 0.6 is 0 Å². The second-order valence-corrected chi connectivity index (χ2v) is 7.68. The minimum atomic E-state index is -0.494. The third kappa shape index (κ3) is 4.56. The van der Waals surface area contributed by atoms with E-state index in [-0.39, 0.29) is 24.1 Å². The van der Waals surface area contributed by atoms with Crippen LogP contribution in [-0.2, 0) is 4.79 Å². The van der Waals surface area contributed by atoms with Gasteiger partial charge in [0.25, 0.3) is 5.91 Å². The Balaban J connectivity index is 1.33. The number of nitrogens with zero attached hydrogens (tertiary/aromatic N) is 3. The van der Waals surface area contributed by atoms with Crippen molar-refractivity contribution in [3.05, 3.63) is 53.8 Å². The van der Waals surface area contributed by atoms with Crippen molar-refractivity contribution in [1.82, 2.24) is 25.9 Å². The molecule has 3 aromatic rings. The summed E-state index contributed by atoms with van der Waals surface area (Å²) in [5.74, 6) is 1.11. The summed E-state index contributed by atoms with van der Waals surface area (Å²) in [4.78, 5) is 29.1. The fourth-order valence-electron chi connectivity index (χ4n) is 2.99. The molecule has 1 saturated carbocycles. The van der Waals surface area contributed by atoms with Gasteiger partial charge in [-0.15, -0.1) is 0 Å². The fraction of sp³-hybridized carbons (Fsp3) is 0.381. The molecule has 30 heavy (non-hydrogen) atoms.